The number of rotatable bonds is 7. The number of hydrogen-bond donors (Lipinski definition) is 1. The van der Waals surface area contributed by atoms with Crippen molar-refractivity contribution >= 4 is 7.26 Å². The van der Waals surface area contributed by atoms with Gasteiger partial charge >= 0.3 is 0 Å². The first-order valence-corrected chi connectivity index (χ1v) is 9.22. The monoisotopic (exact) mass is 232 g/mol. The van der Waals surface area contributed by atoms with Gasteiger partial charge in [-0.05, 0) is 32.7 Å². The van der Waals surface area contributed by atoms with E-state index in [1.807, 2.05) is 0 Å². The molecule has 0 amide bonds. The second kappa shape index (κ2) is 6.86. The van der Waals surface area contributed by atoms with Crippen LogP contribution >= 0.6 is 7.26 Å². The quantitative estimate of drug-likeness (QED) is 0.653. The van der Waals surface area contributed by atoms with Gasteiger partial charge < -0.3 is 0 Å². The predicted molar refractivity (Wildman–Crippen MR) is 75.4 cm³/mol. The lowest BCUT2D eigenvalue weighted by Crippen LogP contribution is -2.30. The van der Waals surface area contributed by atoms with Crippen molar-refractivity contribution in [1.82, 2.24) is 5.32 Å². The molecule has 1 N–H and O–H groups in total. The Morgan fingerprint density at radius 2 is 1.60 bits per heavy atom. The molecule has 2 heteroatoms. The van der Waals surface area contributed by atoms with Crippen molar-refractivity contribution in [2.45, 2.75) is 58.4 Å². The third kappa shape index (κ3) is 4.41. The van der Waals surface area contributed by atoms with Crippen molar-refractivity contribution < 1.29 is 0 Å². The summed E-state index contributed by atoms with van der Waals surface area (Å²) < 4.78 is 0. The Morgan fingerprint density at radius 3 is 1.93 bits per heavy atom. The maximum absolute atomic E-state index is 3.46. The van der Waals surface area contributed by atoms with Gasteiger partial charge in [-0.3, -0.25) is 5.32 Å². The molecule has 3 unspecified atom stereocenters. The zero-order chi connectivity index (χ0) is 12.1. The van der Waals surface area contributed by atoms with E-state index in [0.29, 0.717) is 5.78 Å². The van der Waals surface area contributed by atoms with Crippen LogP contribution in [0, 0.1) is 5.92 Å². The molecule has 0 radical (unpaired) electrons. The fourth-order valence-electron chi connectivity index (χ4n) is 2.19. The molecule has 0 aromatic carbocycles. The molecule has 0 rings (SSSR count). The highest BCUT2D eigenvalue weighted by atomic mass is 31.2. The molecule has 15 heavy (non-hydrogen) atoms. The van der Waals surface area contributed by atoms with E-state index in [1.54, 1.807) is 0 Å². The molecule has 0 saturated carbocycles. The second-order valence-corrected chi connectivity index (χ2v) is 10.2. The van der Waals surface area contributed by atoms with Gasteiger partial charge in [-0.1, -0.05) is 27.2 Å². The highest BCUT2D eigenvalue weighted by Gasteiger charge is 2.40. The van der Waals surface area contributed by atoms with E-state index >= 15 is 0 Å². The van der Waals surface area contributed by atoms with Gasteiger partial charge in [0.15, 0.2) is 0 Å². The molecule has 0 saturated heterocycles. The van der Waals surface area contributed by atoms with E-state index in [2.05, 4.69) is 53.4 Å². The summed E-state index contributed by atoms with van der Waals surface area (Å²) in [7, 11) is 1.28. The topological polar surface area (TPSA) is 12.0 Å². The van der Waals surface area contributed by atoms with Crippen LogP contribution in [0.4, 0.5) is 0 Å². The zero-order valence-electron chi connectivity index (χ0n) is 11.8. The minimum Gasteiger partial charge on any atom is -0.286 e. The molecule has 92 valence electrons. The van der Waals surface area contributed by atoms with Crippen LogP contribution in [0.5, 0.6) is 0 Å². The van der Waals surface area contributed by atoms with Gasteiger partial charge in [-0.25, -0.2) is 0 Å². The fraction of sp³-hybridized carbons (Fsp3) is 1.00. The number of nitrogens with one attached hydrogen (secondary N) is 1. The normalized spacial score (nSPS) is 18.6. The Morgan fingerprint density at radius 1 is 1.07 bits per heavy atom. The van der Waals surface area contributed by atoms with Gasteiger partial charge in [-0.15, -0.1) is 0 Å². The van der Waals surface area contributed by atoms with E-state index < -0.39 is 7.26 Å². The third-order valence-electron chi connectivity index (χ3n) is 4.20. The highest BCUT2D eigenvalue weighted by Crippen LogP contribution is 2.62. The summed E-state index contributed by atoms with van der Waals surface area (Å²) >= 11 is 0. The molecule has 0 aromatic rings. The average Bonchev–Trinajstić information content (AvgIpc) is 2.23. The van der Waals surface area contributed by atoms with E-state index in [9.17, 15) is 0 Å². The van der Waals surface area contributed by atoms with Crippen LogP contribution < -0.4 is 5.32 Å². The summed E-state index contributed by atoms with van der Waals surface area (Å²) in [4.78, 5) is 0. The smallest absolute Gasteiger partial charge is 0.116 e. The first kappa shape index (κ1) is 15.4. The molecule has 0 spiro atoms. The first-order valence-electron chi connectivity index (χ1n) is 6.40. The Hall–Kier alpha value is 0.390. The minimum atomic E-state index is -0.822. The average molecular weight is 232 g/mol. The summed E-state index contributed by atoms with van der Waals surface area (Å²) in [6.07, 6.45) is 4.08. The molecular formula is C13H31NP+. The molecule has 0 aliphatic heterocycles. The van der Waals surface area contributed by atoms with Gasteiger partial charge in [0, 0.05) is 7.26 Å². The summed E-state index contributed by atoms with van der Waals surface area (Å²) in [5.41, 5.74) is 0.940. The van der Waals surface area contributed by atoms with Crippen LogP contribution in [0.1, 0.15) is 47.0 Å². The van der Waals surface area contributed by atoms with E-state index in [4.69, 9.17) is 0 Å². The maximum Gasteiger partial charge on any atom is 0.116 e. The summed E-state index contributed by atoms with van der Waals surface area (Å²) in [5.74, 6) is 1.59. The minimum absolute atomic E-state index is 0.700. The molecule has 1 nitrogen and oxygen atoms in total. The predicted octanol–water partition coefficient (Wildman–Crippen LogP) is 4.04. The van der Waals surface area contributed by atoms with Gasteiger partial charge in [0.2, 0.25) is 0 Å². The lowest BCUT2D eigenvalue weighted by molar-refractivity contribution is 0.492. The molecule has 0 aliphatic rings. The van der Waals surface area contributed by atoms with Gasteiger partial charge in [0.05, 0.1) is 19.0 Å². The molecule has 0 aliphatic carbocycles. The Balaban J connectivity index is 4.49. The van der Waals surface area contributed by atoms with Crippen molar-refractivity contribution in [3.63, 3.8) is 0 Å². The van der Waals surface area contributed by atoms with E-state index in [0.717, 1.165) is 11.6 Å². The van der Waals surface area contributed by atoms with E-state index in [-0.39, 0.29) is 0 Å². The lowest BCUT2D eigenvalue weighted by atomic mass is 10.0. The Kier molecular flexibility index (Phi) is 7.04. The van der Waals surface area contributed by atoms with Crippen LogP contribution in [0.2, 0.25) is 0 Å². The fourth-order valence-corrected chi connectivity index (χ4v) is 5.33. The van der Waals surface area contributed by atoms with Crippen molar-refractivity contribution in [1.29, 1.82) is 0 Å². The molecule has 0 bridgehead atoms. The summed E-state index contributed by atoms with van der Waals surface area (Å²) in [5, 5.41) is 3.46. The molecule has 0 fully saturated rings. The molecule has 3 atom stereocenters. The molecule has 0 heterocycles. The molecule has 0 aromatic heterocycles. The van der Waals surface area contributed by atoms with Crippen LogP contribution in [-0.2, 0) is 0 Å². The standard InChI is InChI=1S/C13H31NP/c1-8-11(3)10-13(9-2)15(6,7)12(4)14-5/h11-14H,8-10H2,1-7H3/q+1. The summed E-state index contributed by atoms with van der Waals surface area (Å²) in [6.45, 7) is 14.5. The molecular weight excluding hydrogens is 201 g/mol. The van der Waals surface area contributed by atoms with Crippen molar-refractivity contribution in [3.05, 3.63) is 0 Å². The van der Waals surface area contributed by atoms with Crippen molar-refractivity contribution in [2.75, 3.05) is 20.4 Å². The second-order valence-electron chi connectivity index (χ2n) is 5.40. The van der Waals surface area contributed by atoms with Crippen molar-refractivity contribution in [3.8, 4) is 0 Å². The van der Waals surface area contributed by atoms with Gasteiger partial charge in [0.1, 0.15) is 5.78 Å². The third-order valence-corrected chi connectivity index (χ3v) is 8.91. The number of hydrogen-bond acceptors (Lipinski definition) is 1. The Bertz CT molecular complexity index is 168. The van der Waals surface area contributed by atoms with Crippen LogP contribution in [0.15, 0.2) is 0 Å². The summed E-state index contributed by atoms with van der Waals surface area (Å²) in [6, 6.07) is 0. The maximum atomic E-state index is 3.46. The van der Waals surface area contributed by atoms with Crippen LogP contribution in [-0.4, -0.2) is 31.8 Å². The zero-order valence-corrected chi connectivity index (χ0v) is 12.7. The van der Waals surface area contributed by atoms with Crippen LogP contribution in [0.25, 0.3) is 0 Å². The first-order chi connectivity index (χ1) is 6.89. The van der Waals surface area contributed by atoms with E-state index in [1.165, 1.54) is 19.3 Å². The largest absolute Gasteiger partial charge is 0.286 e. The SMILES string of the molecule is CCC(C)CC(CC)[P+](C)(C)C(C)NC. The highest BCUT2D eigenvalue weighted by molar-refractivity contribution is 7.75. The van der Waals surface area contributed by atoms with Crippen molar-refractivity contribution in [2.24, 2.45) is 5.92 Å². The van der Waals surface area contributed by atoms with Crippen LogP contribution in [0.3, 0.4) is 0 Å². The van der Waals surface area contributed by atoms with Gasteiger partial charge in [0.25, 0.3) is 0 Å². The lowest BCUT2D eigenvalue weighted by Gasteiger charge is -2.33. The van der Waals surface area contributed by atoms with Gasteiger partial charge in [-0.2, -0.15) is 0 Å². The Labute approximate surface area is 97.8 Å².